The van der Waals surface area contributed by atoms with Crippen molar-refractivity contribution in [2.45, 2.75) is 39.7 Å². The number of rotatable bonds is 4. The topological polar surface area (TPSA) is 51.0 Å². The maximum absolute atomic E-state index is 13.6. The average Bonchev–Trinajstić information content (AvgIpc) is 3.25. The second-order valence-corrected chi connectivity index (χ2v) is 8.04. The lowest BCUT2D eigenvalue weighted by Crippen LogP contribution is -2.36. The van der Waals surface area contributed by atoms with E-state index in [4.69, 9.17) is 0 Å². The largest absolute Gasteiger partial charge is 0.340 e. The Morgan fingerprint density at radius 2 is 2.07 bits per heavy atom. The fourth-order valence-corrected chi connectivity index (χ4v) is 4.40. The minimum atomic E-state index is -0.224. The zero-order chi connectivity index (χ0) is 19.7. The molecule has 0 unspecified atom stereocenters. The third-order valence-electron chi connectivity index (χ3n) is 5.27. The first-order valence-corrected chi connectivity index (χ1v) is 10.5. The van der Waals surface area contributed by atoms with Crippen LogP contribution in [0.3, 0.4) is 0 Å². The summed E-state index contributed by atoms with van der Waals surface area (Å²) in [5.41, 5.74) is 6.24. The van der Waals surface area contributed by atoms with Crippen molar-refractivity contribution >= 4 is 17.2 Å². The van der Waals surface area contributed by atoms with Crippen LogP contribution in [0.15, 0.2) is 29.8 Å². The molecule has 0 spiro atoms. The Labute approximate surface area is 167 Å². The Kier molecular flexibility index (Phi) is 5.26. The van der Waals surface area contributed by atoms with Gasteiger partial charge in [-0.05, 0) is 43.2 Å². The molecule has 3 heterocycles. The molecule has 0 aliphatic carbocycles. The van der Waals surface area contributed by atoms with Crippen molar-refractivity contribution in [1.29, 1.82) is 0 Å². The monoisotopic (exact) mass is 398 g/mol. The standard InChI is InChI=1S/C21H23FN4OS/c1-3-16-11-19(15-4-5-17(22)14(2)10-15)24-26(16)12-21(27)25-8-6-18-20(7-9-25)28-13-23-18/h4-5,10-11,13H,3,6-9,12H2,1-2H3. The molecule has 5 nitrogen and oxygen atoms in total. The van der Waals surface area contributed by atoms with Gasteiger partial charge in [0, 0.05) is 42.1 Å². The Morgan fingerprint density at radius 1 is 1.25 bits per heavy atom. The molecule has 0 fully saturated rings. The van der Waals surface area contributed by atoms with Gasteiger partial charge in [0.2, 0.25) is 5.91 Å². The molecule has 1 aromatic carbocycles. The first-order chi connectivity index (χ1) is 13.5. The van der Waals surface area contributed by atoms with Crippen molar-refractivity contribution in [3.63, 3.8) is 0 Å². The van der Waals surface area contributed by atoms with Gasteiger partial charge in [-0.3, -0.25) is 9.48 Å². The van der Waals surface area contributed by atoms with Crippen LogP contribution in [-0.4, -0.2) is 38.7 Å². The predicted octanol–water partition coefficient (Wildman–Crippen LogP) is 3.64. The maximum atomic E-state index is 13.6. The Balaban J connectivity index is 1.51. The SMILES string of the molecule is CCc1cc(-c2ccc(F)c(C)c2)nn1CC(=O)N1CCc2ncsc2CC1. The van der Waals surface area contributed by atoms with Crippen molar-refractivity contribution < 1.29 is 9.18 Å². The molecule has 3 aromatic rings. The van der Waals surface area contributed by atoms with E-state index in [1.54, 1.807) is 35.1 Å². The summed E-state index contributed by atoms with van der Waals surface area (Å²) in [7, 11) is 0. The average molecular weight is 399 g/mol. The van der Waals surface area contributed by atoms with Gasteiger partial charge in [-0.1, -0.05) is 6.92 Å². The van der Waals surface area contributed by atoms with Crippen LogP contribution in [0.25, 0.3) is 11.3 Å². The van der Waals surface area contributed by atoms with Crippen LogP contribution in [0.2, 0.25) is 0 Å². The van der Waals surface area contributed by atoms with E-state index in [-0.39, 0.29) is 18.3 Å². The Bertz CT molecular complexity index is 987. The molecule has 28 heavy (non-hydrogen) atoms. The van der Waals surface area contributed by atoms with Crippen LogP contribution in [0.4, 0.5) is 4.39 Å². The van der Waals surface area contributed by atoms with Crippen LogP contribution in [0, 0.1) is 12.7 Å². The van der Waals surface area contributed by atoms with Gasteiger partial charge < -0.3 is 4.90 Å². The number of benzene rings is 1. The molecule has 0 atom stereocenters. The number of aromatic nitrogens is 3. The van der Waals surface area contributed by atoms with Crippen LogP contribution >= 0.6 is 11.3 Å². The molecule has 0 N–H and O–H groups in total. The highest BCUT2D eigenvalue weighted by molar-refractivity contribution is 7.09. The molecule has 0 saturated carbocycles. The zero-order valence-electron chi connectivity index (χ0n) is 16.1. The highest BCUT2D eigenvalue weighted by atomic mass is 32.1. The molecule has 2 aromatic heterocycles. The smallest absolute Gasteiger partial charge is 0.244 e. The number of halogens is 1. The van der Waals surface area contributed by atoms with E-state index in [0.29, 0.717) is 12.1 Å². The van der Waals surface area contributed by atoms with E-state index in [2.05, 4.69) is 10.1 Å². The maximum Gasteiger partial charge on any atom is 0.244 e. The summed E-state index contributed by atoms with van der Waals surface area (Å²) in [5, 5.41) is 4.65. The summed E-state index contributed by atoms with van der Waals surface area (Å²) >= 11 is 1.67. The minimum Gasteiger partial charge on any atom is -0.340 e. The molecule has 0 radical (unpaired) electrons. The van der Waals surface area contributed by atoms with Crippen molar-refractivity contribution in [2.75, 3.05) is 13.1 Å². The van der Waals surface area contributed by atoms with Gasteiger partial charge in [0.1, 0.15) is 12.4 Å². The summed E-state index contributed by atoms with van der Waals surface area (Å²) in [6, 6.07) is 6.98. The van der Waals surface area contributed by atoms with E-state index in [9.17, 15) is 9.18 Å². The van der Waals surface area contributed by atoms with Gasteiger partial charge in [0.15, 0.2) is 0 Å². The van der Waals surface area contributed by atoms with Gasteiger partial charge in [-0.2, -0.15) is 5.10 Å². The number of thiazole rings is 1. The molecule has 1 aliphatic heterocycles. The Hall–Kier alpha value is -2.54. The third-order valence-corrected chi connectivity index (χ3v) is 6.20. The molecule has 1 amide bonds. The second kappa shape index (κ2) is 7.83. The number of amides is 1. The number of aryl methyl sites for hydroxylation is 2. The number of hydrogen-bond acceptors (Lipinski definition) is 4. The van der Waals surface area contributed by atoms with Gasteiger partial charge in [0.25, 0.3) is 0 Å². The number of carbonyl (C=O) groups excluding carboxylic acids is 1. The van der Waals surface area contributed by atoms with Crippen molar-refractivity contribution in [2.24, 2.45) is 0 Å². The summed E-state index contributed by atoms with van der Waals surface area (Å²) < 4.78 is 15.4. The molecule has 146 valence electrons. The van der Waals surface area contributed by atoms with Crippen LogP contribution in [0.5, 0.6) is 0 Å². The Morgan fingerprint density at radius 3 is 2.86 bits per heavy atom. The first-order valence-electron chi connectivity index (χ1n) is 9.57. The minimum absolute atomic E-state index is 0.0785. The number of fused-ring (bicyclic) bond motifs is 1. The lowest BCUT2D eigenvalue weighted by Gasteiger charge is -2.20. The molecule has 1 aliphatic rings. The second-order valence-electron chi connectivity index (χ2n) is 7.10. The van der Waals surface area contributed by atoms with Crippen molar-refractivity contribution in [3.8, 4) is 11.3 Å². The van der Waals surface area contributed by atoms with E-state index in [1.165, 1.54) is 10.9 Å². The number of nitrogens with zero attached hydrogens (tertiary/aromatic N) is 4. The molecule has 0 saturated heterocycles. The lowest BCUT2D eigenvalue weighted by atomic mass is 10.1. The predicted molar refractivity (Wildman–Crippen MR) is 108 cm³/mol. The zero-order valence-corrected chi connectivity index (χ0v) is 16.9. The molecular formula is C21H23FN4OS. The van der Waals surface area contributed by atoms with Crippen LogP contribution in [-0.2, 0) is 30.6 Å². The highest BCUT2D eigenvalue weighted by Crippen LogP contribution is 2.23. The number of hydrogen-bond donors (Lipinski definition) is 0. The van der Waals surface area contributed by atoms with Gasteiger partial charge in [0.05, 0.1) is 16.9 Å². The summed E-state index contributed by atoms with van der Waals surface area (Å²) in [6.07, 6.45) is 2.46. The van der Waals surface area contributed by atoms with E-state index >= 15 is 0 Å². The van der Waals surface area contributed by atoms with Crippen LogP contribution < -0.4 is 0 Å². The lowest BCUT2D eigenvalue weighted by molar-refractivity contribution is -0.132. The highest BCUT2D eigenvalue weighted by Gasteiger charge is 2.21. The summed E-state index contributed by atoms with van der Waals surface area (Å²) in [5.74, 6) is -0.145. The van der Waals surface area contributed by atoms with E-state index in [1.807, 2.05) is 23.4 Å². The van der Waals surface area contributed by atoms with Crippen molar-refractivity contribution in [1.82, 2.24) is 19.7 Å². The summed E-state index contributed by atoms with van der Waals surface area (Å²) in [4.78, 5) is 20.5. The molecular weight excluding hydrogens is 375 g/mol. The van der Waals surface area contributed by atoms with E-state index < -0.39 is 0 Å². The summed E-state index contributed by atoms with van der Waals surface area (Å²) in [6.45, 7) is 5.44. The first kappa shape index (κ1) is 18.8. The molecule has 0 bridgehead atoms. The fraction of sp³-hybridized carbons (Fsp3) is 0.381. The van der Waals surface area contributed by atoms with Gasteiger partial charge in [-0.15, -0.1) is 11.3 Å². The number of carbonyl (C=O) groups is 1. The third kappa shape index (κ3) is 3.71. The molecule has 7 heteroatoms. The normalized spacial score (nSPS) is 14.0. The quantitative estimate of drug-likeness (QED) is 0.674. The fourth-order valence-electron chi connectivity index (χ4n) is 3.59. The van der Waals surface area contributed by atoms with Gasteiger partial charge in [-0.25, -0.2) is 9.37 Å². The van der Waals surface area contributed by atoms with E-state index in [0.717, 1.165) is 48.5 Å². The van der Waals surface area contributed by atoms with Crippen molar-refractivity contribution in [3.05, 3.63) is 57.4 Å². The van der Waals surface area contributed by atoms with Crippen LogP contribution in [0.1, 0.15) is 28.8 Å². The molecule has 4 rings (SSSR count). The van der Waals surface area contributed by atoms with Gasteiger partial charge >= 0.3 is 0 Å².